The fourth-order valence-electron chi connectivity index (χ4n) is 0.774. The number of nitroso groups, excluding NO2 is 1. The van der Waals surface area contributed by atoms with Gasteiger partial charge in [-0.15, -0.1) is 4.91 Å². The molecule has 0 unspecified atom stereocenters. The van der Waals surface area contributed by atoms with Crippen LogP contribution in [0.2, 0.25) is 0 Å². The molecule has 0 N–H and O–H groups in total. The van der Waals surface area contributed by atoms with Gasteiger partial charge in [-0.2, -0.15) is 5.01 Å². The van der Waals surface area contributed by atoms with E-state index in [0.717, 1.165) is 11.4 Å². The maximum Gasteiger partial charge on any atom is 0.244 e. The second-order valence-corrected chi connectivity index (χ2v) is 3.13. The van der Waals surface area contributed by atoms with Gasteiger partial charge in [0.25, 0.3) is 0 Å². The van der Waals surface area contributed by atoms with Gasteiger partial charge in [0.2, 0.25) is 5.91 Å². The van der Waals surface area contributed by atoms with Crippen LogP contribution in [-0.4, -0.2) is 17.5 Å². The Labute approximate surface area is 72.9 Å². The van der Waals surface area contributed by atoms with Gasteiger partial charge in [-0.05, 0) is 12.3 Å². The molecule has 0 bridgehead atoms. The molecule has 4 nitrogen and oxygen atoms in total. The lowest BCUT2D eigenvalue weighted by Gasteiger charge is -2.13. The number of rotatable bonds is 5. The monoisotopic (exact) mass is 172 g/mol. The molecule has 0 aliphatic rings. The van der Waals surface area contributed by atoms with Crippen molar-refractivity contribution in [3.8, 4) is 0 Å². The molecule has 1 amide bonds. The highest BCUT2D eigenvalue weighted by atomic mass is 16.3. The van der Waals surface area contributed by atoms with E-state index in [0.29, 0.717) is 18.9 Å². The molecule has 12 heavy (non-hydrogen) atoms. The Morgan fingerprint density at radius 3 is 2.42 bits per heavy atom. The van der Waals surface area contributed by atoms with Gasteiger partial charge in [0.05, 0.1) is 5.29 Å². The topological polar surface area (TPSA) is 49.7 Å². The Hall–Kier alpha value is -0.930. The first kappa shape index (κ1) is 11.1. The third-order valence-electron chi connectivity index (χ3n) is 1.61. The van der Waals surface area contributed by atoms with Crippen LogP contribution in [0, 0.1) is 10.8 Å². The largest absolute Gasteiger partial charge is 0.273 e. The molecule has 0 aromatic rings. The second kappa shape index (κ2) is 5.69. The quantitative estimate of drug-likeness (QED) is 0.470. The maximum absolute atomic E-state index is 11.0. The lowest BCUT2D eigenvalue weighted by atomic mass is 10.1. The molecule has 0 radical (unpaired) electrons. The van der Waals surface area contributed by atoms with Crippen molar-refractivity contribution in [2.45, 2.75) is 33.6 Å². The van der Waals surface area contributed by atoms with Crippen molar-refractivity contribution in [3.05, 3.63) is 4.91 Å². The van der Waals surface area contributed by atoms with Crippen LogP contribution < -0.4 is 0 Å². The van der Waals surface area contributed by atoms with Crippen LogP contribution in [0.15, 0.2) is 5.29 Å². The molecule has 70 valence electrons. The molecule has 0 saturated heterocycles. The summed E-state index contributed by atoms with van der Waals surface area (Å²) >= 11 is 0. The fourth-order valence-corrected chi connectivity index (χ4v) is 0.774. The predicted octanol–water partition coefficient (Wildman–Crippen LogP) is 1.95. The summed E-state index contributed by atoms with van der Waals surface area (Å²) in [5.74, 6) is 0.282. The van der Waals surface area contributed by atoms with E-state index in [-0.39, 0.29) is 5.91 Å². The van der Waals surface area contributed by atoms with Crippen LogP contribution in [0.3, 0.4) is 0 Å². The van der Waals surface area contributed by atoms with E-state index in [1.807, 2.05) is 13.8 Å². The molecule has 0 atom stereocenters. The summed E-state index contributed by atoms with van der Waals surface area (Å²) in [6.45, 7) is 6.24. The van der Waals surface area contributed by atoms with Crippen molar-refractivity contribution in [1.82, 2.24) is 5.01 Å². The predicted molar refractivity (Wildman–Crippen MR) is 47.3 cm³/mol. The highest BCUT2D eigenvalue weighted by Crippen LogP contribution is 2.03. The normalized spacial score (nSPS) is 10.0. The van der Waals surface area contributed by atoms with Gasteiger partial charge in [-0.1, -0.05) is 20.8 Å². The van der Waals surface area contributed by atoms with E-state index >= 15 is 0 Å². The molecule has 0 aromatic carbocycles. The number of carbonyl (C=O) groups excluding carboxylic acids is 1. The number of hydrogen-bond acceptors (Lipinski definition) is 3. The van der Waals surface area contributed by atoms with E-state index in [1.165, 1.54) is 0 Å². The number of nitrogens with zero attached hydrogens (tertiary/aromatic N) is 2. The van der Waals surface area contributed by atoms with Crippen molar-refractivity contribution in [1.29, 1.82) is 0 Å². The summed E-state index contributed by atoms with van der Waals surface area (Å²) in [7, 11) is 0. The minimum Gasteiger partial charge on any atom is -0.273 e. The summed E-state index contributed by atoms with van der Waals surface area (Å²) in [5.41, 5.74) is 0. The molecule has 0 fully saturated rings. The molecule has 0 spiro atoms. The van der Waals surface area contributed by atoms with Crippen molar-refractivity contribution in [2.75, 3.05) is 6.54 Å². The van der Waals surface area contributed by atoms with E-state index in [4.69, 9.17) is 0 Å². The van der Waals surface area contributed by atoms with Crippen LogP contribution in [-0.2, 0) is 4.79 Å². The van der Waals surface area contributed by atoms with Crippen LogP contribution in [0.25, 0.3) is 0 Å². The highest BCUT2D eigenvalue weighted by Gasteiger charge is 2.11. The molecule has 0 aliphatic heterocycles. The third kappa shape index (κ3) is 4.05. The van der Waals surface area contributed by atoms with E-state index < -0.39 is 0 Å². The minimum absolute atomic E-state index is 0.203. The van der Waals surface area contributed by atoms with E-state index in [9.17, 15) is 9.70 Å². The maximum atomic E-state index is 11.0. The Morgan fingerprint density at radius 1 is 1.50 bits per heavy atom. The number of carbonyl (C=O) groups is 1. The van der Waals surface area contributed by atoms with Gasteiger partial charge >= 0.3 is 0 Å². The zero-order chi connectivity index (χ0) is 9.56. The first-order valence-corrected chi connectivity index (χ1v) is 4.25. The SMILES string of the molecule is CCC(=O)N(CCC(C)C)N=O. The number of amides is 1. The van der Waals surface area contributed by atoms with E-state index in [1.54, 1.807) is 6.92 Å². The van der Waals surface area contributed by atoms with Crippen molar-refractivity contribution < 1.29 is 4.79 Å². The third-order valence-corrected chi connectivity index (χ3v) is 1.61. The van der Waals surface area contributed by atoms with Gasteiger partial charge in [-0.3, -0.25) is 4.79 Å². The van der Waals surface area contributed by atoms with Gasteiger partial charge in [-0.25, -0.2) is 0 Å². The van der Waals surface area contributed by atoms with Gasteiger partial charge in [0, 0.05) is 13.0 Å². The van der Waals surface area contributed by atoms with Crippen LogP contribution in [0.1, 0.15) is 33.6 Å². The molecular formula is C8H16N2O2. The van der Waals surface area contributed by atoms with Gasteiger partial charge in [0.15, 0.2) is 0 Å². The standard InChI is InChI=1S/C8H16N2O2/c1-4-8(11)10(9-12)6-5-7(2)3/h7H,4-6H2,1-3H3. The van der Waals surface area contributed by atoms with Crippen molar-refractivity contribution >= 4 is 5.91 Å². The average molecular weight is 172 g/mol. The fraction of sp³-hybridized carbons (Fsp3) is 0.875. The summed E-state index contributed by atoms with van der Waals surface area (Å²) < 4.78 is 0. The lowest BCUT2D eigenvalue weighted by molar-refractivity contribution is -0.131. The first-order valence-electron chi connectivity index (χ1n) is 4.25. The number of hydrogen-bond donors (Lipinski definition) is 0. The Bertz CT molecular complexity index is 157. The molecule has 0 heterocycles. The molecule has 0 rings (SSSR count). The molecule has 0 saturated carbocycles. The zero-order valence-electron chi connectivity index (χ0n) is 7.91. The molecule has 4 heteroatoms. The van der Waals surface area contributed by atoms with Crippen LogP contribution in [0.5, 0.6) is 0 Å². The lowest BCUT2D eigenvalue weighted by Crippen LogP contribution is -2.26. The molecular weight excluding hydrogens is 156 g/mol. The van der Waals surface area contributed by atoms with Gasteiger partial charge < -0.3 is 0 Å². The Balaban J connectivity index is 3.83. The van der Waals surface area contributed by atoms with Crippen molar-refractivity contribution in [2.24, 2.45) is 11.2 Å². The minimum atomic E-state index is -0.203. The summed E-state index contributed by atoms with van der Waals surface area (Å²) in [5, 5.41) is 3.66. The second-order valence-electron chi connectivity index (χ2n) is 3.13. The summed E-state index contributed by atoms with van der Waals surface area (Å²) in [4.78, 5) is 21.2. The van der Waals surface area contributed by atoms with Gasteiger partial charge in [0.1, 0.15) is 0 Å². The van der Waals surface area contributed by atoms with Crippen molar-refractivity contribution in [3.63, 3.8) is 0 Å². The van der Waals surface area contributed by atoms with Crippen LogP contribution in [0.4, 0.5) is 0 Å². The smallest absolute Gasteiger partial charge is 0.244 e. The Kier molecular flexibility index (Phi) is 5.25. The first-order chi connectivity index (χ1) is 5.61. The highest BCUT2D eigenvalue weighted by molar-refractivity contribution is 5.75. The zero-order valence-corrected chi connectivity index (χ0v) is 7.91. The Morgan fingerprint density at radius 2 is 2.08 bits per heavy atom. The molecule has 0 aromatic heterocycles. The van der Waals surface area contributed by atoms with Crippen LogP contribution >= 0.6 is 0 Å². The summed E-state index contributed by atoms with van der Waals surface area (Å²) in [6.07, 6.45) is 1.15. The molecule has 0 aliphatic carbocycles. The average Bonchev–Trinajstić information content (AvgIpc) is 2.04. The summed E-state index contributed by atoms with van der Waals surface area (Å²) in [6, 6.07) is 0. The van der Waals surface area contributed by atoms with E-state index in [2.05, 4.69) is 5.29 Å².